The molecule has 0 spiro atoms. The Bertz CT molecular complexity index is 1150. The van der Waals surface area contributed by atoms with Gasteiger partial charge in [-0.3, -0.25) is 4.79 Å². The minimum absolute atomic E-state index is 0.0615. The molecule has 0 aromatic heterocycles. The van der Waals surface area contributed by atoms with Crippen molar-refractivity contribution in [1.29, 1.82) is 0 Å². The van der Waals surface area contributed by atoms with E-state index in [-0.39, 0.29) is 5.78 Å². The number of rotatable bonds is 6. The van der Waals surface area contributed by atoms with Crippen molar-refractivity contribution in [3.63, 3.8) is 0 Å². The third-order valence-electron chi connectivity index (χ3n) is 5.05. The van der Waals surface area contributed by atoms with E-state index in [0.29, 0.717) is 0 Å². The highest BCUT2D eigenvalue weighted by atomic mass is 79.9. The van der Waals surface area contributed by atoms with Gasteiger partial charge in [-0.05, 0) is 69.8 Å². The molecular formula is C29H20Br2O. The van der Waals surface area contributed by atoms with Crippen molar-refractivity contribution in [2.45, 2.75) is 0 Å². The Hall–Kier alpha value is -3.01. The molecule has 0 aliphatic carbocycles. The van der Waals surface area contributed by atoms with Gasteiger partial charge in [0.2, 0.25) is 0 Å². The van der Waals surface area contributed by atoms with Gasteiger partial charge in [0.05, 0.1) is 0 Å². The van der Waals surface area contributed by atoms with Crippen LogP contribution in [-0.2, 0) is 4.79 Å². The summed E-state index contributed by atoms with van der Waals surface area (Å²) in [7, 11) is 0. The van der Waals surface area contributed by atoms with Gasteiger partial charge in [-0.1, -0.05) is 117 Å². The van der Waals surface area contributed by atoms with Crippen LogP contribution in [0.3, 0.4) is 0 Å². The summed E-state index contributed by atoms with van der Waals surface area (Å²) in [5.74, 6) is -0.0615. The number of hydrogen-bond acceptors (Lipinski definition) is 1. The van der Waals surface area contributed by atoms with E-state index >= 15 is 0 Å². The lowest BCUT2D eigenvalue weighted by molar-refractivity contribution is -0.110. The maximum absolute atomic E-state index is 13.3. The van der Waals surface area contributed by atoms with E-state index in [1.54, 1.807) is 12.2 Å². The molecule has 0 radical (unpaired) electrons. The molecular weight excluding hydrogens is 524 g/mol. The van der Waals surface area contributed by atoms with Gasteiger partial charge in [0, 0.05) is 8.95 Å². The molecule has 0 unspecified atom stereocenters. The molecule has 0 atom stereocenters. The third kappa shape index (κ3) is 5.61. The molecule has 3 heteroatoms. The molecule has 156 valence electrons. The molecule has 0 saturated carbocycles. The maximum atomic E-state index is 13.3. The van der Waals surface area contributed by atoms with Gasteiger partial charge in [0.1, 0.15) is 0 Å². The van der Waals surface area contributed by atoms with Crippen molar-refractivity contribution in [1.82, 2.24) is 0 Å². The van der Waals surface area contributed by atoms with Crippen LogP contribution in [0.15, 0.2) is 130 Å². The second kappa shape index (κ2) is 10.5. The molecule has 0 aliphatic rings. The van der Waals surface area contributed by atoms with Crippen LogP contribution >= 0.6 is 31.9 Å². The molecule has 4 aromatic carbocycles. The average molecular weight is 544 g/mol. The van der Waals surface area contributed by atoms with Crippen molar-refractivity contribution in [2.75, 3.05) is 0 Å². The van der Waals surface area contributed by atoms with Gasteiger partial charge >= 0.3 is 0 Å². The Balaban J connectivity index is 1.80. The Labute approximate surface area is 205 Å². The fraction of sp³-hybridized carbons (Fsp3) is 0. The van der Waals surface area contributed by atoms with Crippen LogP contribution in [0.4, 0.5) is 0 Å². The first kappa shape index (κ1) is 22.2. The predicted molar refractivity (Wildman–Crippen MR) is 140 cm³/mol. The van der Waals surface area contributed by atoms with Gasteiger partial charge in [0.25, 0.3) is 0 Å². The molecule has 0 N–H and O–H groups in total. The Kier molecular flexibility index (Phi) is 7.31. The maximum Gasteiger partial charge on any atom is 0.179 e. The van der Waals surface area contributed by atoms with Crippen LogP contribution < -0.4 is 0 Å². The fourth-order valence-electron chi connectivity index (χ4n) is 3.49. The van der Waals surface area contributed by atoms with E-state index in [0.717, 1.165) is 42.3 Å². The Morgan fingerprint density at radius 1 is 0.469 bits per heavy atom. The Morgan fingerprint density at radius 2 is 0.781 bits per heavy atom. The second-order valence-corrected chi connectivity index (χ2v) is 9.10. The first-order chi connectivity index (χ1) is 15.6. The number of benzene rings is 4. The first-order valence-electron chi connectivity index (χ1n) is 10.2. The van der Waals surface area contributed by atoms with Crippen molar-refractivity contribution in [3.05, 3.63) is 153 Å². The number of carbonyl (C=O) groups excluding carboxylic acids is 1. The molecule has 0 saturated heterocycles. The first-order valence-corrected chi connectivity index (χ1v) is 11.8. The van der Waals surface area contributed by atoms with E-state index in [1.807, 2.05) is 109 Å². The zero-order chi connectivity index (χ0) is 22.3. The Morgan fingerprint density at radius 3 is 1.12 bits per heavy atom. The zero-order valence-corrected chi connectivity index (χ0v) is 20.4. The predicted octanol–water partition coefficient (Wildman–Crippen LogP) is 8.34. The van der Waals surface area contributed by atoms with E-state index in [2.05, 4.69) is 31.9 Å². The molecule has 0 bridgehead atoms. The highest BCUT2D eigenvalue weighted by molar-refractivity contribution is 9.10. The molecule has 4 aromatic rings. The summed E-state index contributed by atoms with van der Waals surface area (Å²) >= 11 is 6.98. The molecule has 4 rings (SSSR count). The van der Waals surface area contributed by atoms with Gasteiger partial charge in [-0.25, -0.2) is 0 Å². The largest absolute Gasteiger partial charge is 0.290 e. The topological polar surface area (TPSA) is 17.1 Å². The van der Waals surface area contributed by atoms with Crippen LogP contribution in [0, 0.1) is 0 Å². The van der Waals surface area contributed by atoms with E-state index in [9.17, 15) is 4.79 Å². The van der Waals surface area contributed by atoms with E-state index < -0.39 is 0 Å². The summed E-state index contributed by atoms with van der Waals surface area (Å²) in [6.45, 7) is 0. The molecule has 0 fully saturated rings. The van der Waals surface area contributed by atoms with Crippen LogP contribution in [-0.4, -0.2) is 5.78 Å². The minimum atomic E-state index is -0.0615. The van der Waals surface area contributed by atoms with Crippen molar-refractivity contribution < 1.29 is 4.79 Å². The average Bonchev–Trinajstić information content (AvgIpc) is 2.83. The van der Waals surface area contributed by atoms with Gasteiger partial charge in [-0.15, -0.1) is 0 Å². The summed E-state index contributed by atoms with van der Waals surface area (Å²) in [4.78, 5) is 13.3. The number of halogens is 2. The van der Waals surface area contributed by atoms with Crippen LogP contribution in [0.1, 0.15) is 22.3 Å². The van der Waals surface area contributed by atoms with Gasteiger partial charge in [0.15, 0.2) is 5.78 Å². The lowest BCUT2D eigenvalue weighted by Crippen LogP contribution is -1.97. The quantitative estimate of drug-likeness (QED) is 0.223. The summed E-state index contributed by atoms with van der Waals surface area (Å²) in [6.07, 6.45) is 3.45. The van der Waals surface area contributed by atoms with Crippen LogP contribution in [0.2, 0.25) is 0 Å². The highest BCUT2D eigenvalue weighted by Gasteiger charge is 2.10. The highest BCUT2D eigenvalue weighted by Crippen LogP contribution is 2.28. The molecule has 0 aliphatic heterocycles. The summed E-state index contributed by atoms with van der Waals surface area (Å²) in [5, 5.41) is 0. The van der Waals surface area contributed by atoms with Crippen LogP contribution in [0.25, 0.3) is 11.1 Å². The van der Waals surface area contributed by atoms with Gasteiger partial charge < -0.3 is 0 Å². The zero-order valence-electron chi connectivity index (χ0n) is 17.2. The second-order valence-electron chi connectivity index (χ2n) is 7.26. The number of carbonyl (C=O) groups is 1. The van der Waals surface area contributed by atoms with Crippen molar-refractivity contribution >= 4 is 48.8 Å². The number of hydrogen-bond donors (Lipinski definition) is 0. The van der Waals surface area contributed by atoms with E-state index in [4.69, 9.17) is 0 Å². The fourth-order valence-corrected chi connectivity index (χ4v) is 4.02. The SMILES string of the molecule is O=C(C=C(c1ccccc1)c1ccc(Br)cc1)C=C(c1ccccc1)c1ccc(Br)cc1. The third-order valence-corrected chi connectivity index (χ3v) is 6.11. The summed E-state index contributed by atoms with van der Waals surface area (Å²) in [5.41, 5.74) is 5.77. The smallest absolute Gasteiger partial charge is 0.179 e. The number of ketones is 1. The molecule has 0 amide bonds. The molecule has 0 heterocycles. The minimum Gasteiger partial charge on any atom is -0.290 e. The lowest BCUT2D eigenvalue weighted by atomic mass is 9.94. The standard InChI is InChI=1S/C29H20Br2O/c30-25-15-11-23(12-16-25)28(21-7-3-1-4-8-21)19-27(32)20-29(22-9-5-2-6-10-22)24-13-17-26(31)18-14-24/h1-20H. The van der Waals surface area contributed by atoms with Crippen molar-refractivity contribution in [3.8, 4) is 0 Å². The van der Waals surface area contributed by atoms with E-state index in [1.165, 1.54) is 0 Å². The summed E-state index contributed by atoms with van der Waals surface area (Å²) in [6, 6.07) is 36.0. The molecule has 1 nitrogen and oxygen atoms in total. The van der Waals surface area contributed by atoms with Crippen LogP contribution in [0.5, 0.6) is 0 Å². The lowest BCUT2D eigenvalue weighted by Gasteiger charge is -2.10. The monoisotopic (exact) mass is 542 g/mol. The number of allylic oxidation sites excluding steroid dienone is 2. The normalized spacial score (nSPS) is 11.9. The van der Waals surface area contributed by atoms with Crippen molar-refractivity contribution in [2.24, 2.45) is 0 Å². The summed E-state index contributed by atoms with van der Waals surface area (Å²) < 4.78 is 2.00. The molecule has 32 heavy (non-hydrogen) atoms. The van der Waals surface area contributed by atoms with Gasteiger partial charge in [-0.2, -0.15) is 0 Å².